The molecule has 1 aromatic rings. The van der Waals surface area contributed by atoms with Crippen LogP contribution in [0.5, 0.6) is 0 Å². The van der Waals surface area contributed by atoms with Crippen molar-refractivity contribution in [2.75, 3.05) is 7.05 Å². The molecular formula is C16H24N2O. The third-order valence-corrected chi connectivity index (χ3v) is 4.34. The molecule has 3 nitrogen and oxygen atoms in total. The Labute approximate surface area is 116 Å². The smallest absolute Gasteiger partial charge is 0.117 e. The minimum absolute atomic E-state index is 0.174. The maximum atomic E-state index is 9.35. The zero-order valence-corrected chi connectivity index (χ0v) is 12.0. The number of nitrogens with zero attached hydrogens (tertiary/aromatic N) is 2. The summed E-state index contributed by atoms with van der Waals surface area (Å²) < 4.78 is 5.41. The van der Waals surface area contributed by atoms with Crippen LogP contribution in [0.25, 0.3) is 0 Å². The van der Waals surface area contributed by atoms with Gasteiger partial charge < -0.3 is 4.42 Å². The van der Waals surface area contributed by atoms with E-state index >= 15 is 0 Å². The Balaban J connectivity index is 1.99. The molecule has 2 rings (SSSR count). The summed E-state index contributed by atoms with van der Waals surface area (Å²) in [5.74, 6) is 1.95. The van der Waals surface area contributed by atoms with Gasteiger partial charge in [-0.05, 0) is 44.4 Å². The van der Waals surface area contributed by atoms with E-state index in [4.69, 9.17) is 4.42 Å². The Bertz CT molecular complexity index is 407. The lowest BCUT2D eigenvalue weighted by atomic mass is 9.76. The maximum absolute atomic E-state index is 9.35. The van der Waals surface area contributed by atoms with Gasteiger partial charge in [0.2, 0.25) is 0 Å². The van der Waals surface area contributed by atoms with Crippen LogP contribution in [-0.4, -0.2) is 18.0 Å². The SMILES string of the molecule is CCCC1CCC(C#N)C(N(C)Cc2ccco2)C1. The third-order valence-electron chi connectivity index (χ3n) is 4.34. The highest BCUT2D eigenvalue weighted by molar-refractivity contribution is 5.01. The molecule has 0 bridgehead atoms. The molecule has 0 aliphatic heterocycles. The van der Waals surface area contributed by atoms with Crippen molar-refractivity contribution in [3.63, 3.8) is 0 Å². The Morgan fingerprint density at radius 1 is 1.47 bits per heavy atom. The molecule has 3 heteroatoms. The molecule has 19 heavy (non-hydrogen) atoms. The number of furan rings is 1. The maximum Gasteiger partial charge on any atom is 0.117 e. The largest absolute Gasteiger partial charge is 0.468 e. The summed E-state index contributed by atoms with van der Waals surface area (Å²) in [6.45, 7) is 3.05. The standard InChI is InChI=1S/C16H24N2O/c1-3-5-13-7-8-14(11-17)16(10-13)18(2)12-15-6-4-9-19-15/h4,6,9,13-14,16H,3,5,7-8,10,12H2,1-2H3. The highest BCUT2D eigenvalue weighted by Gasteiger charge is 2.32. The number of rotatable bonds is 5. The molecule has 1 aromatic heterocycles. The molecular weight excluding hydrogens is 236 g/mol. The van der Waals surface area contributed by atoms with Gasteiger partial charge in [-0.25, -0.2) is 0 Å². The van der Waals surface area contributed by atoms with Crippen molar-refractivity contribution in [2.45, 2.75) is 51.6 Å². The second kappa shape index (κ2) is 6.77. The molecule has 1 aliphatic carbocycles. The lowest BCUT2D eigenvalue weighted by Crippen LogP contribution is -2.41. The highest BCUT2D eigenvalue weighted by atomic mass is 16.3. The van der Waals surface area contributed by atoms with Crippen molar-refractivity contribution in [1.82, 2.24) is 4.90 Å². The van der Waals surface area contributed by atoms with Gasteiger partial charge in [0.25, 0.3) is 0 Å². The summed E-state index contributed by atoms with van der Waals surface area (Å²) in [5, 5.41) is 9.35. The first-order valence-corrected chi connectivity index (χ1v) is 7.36. The van der Waals surface area contributed by atoms with E-state index in [9.17, 15) is 5.26 Å². The molecule has 1 aliphatic rings. The van der Waals surface area contributed by atoms with Gasteiger partial charge in [0.05, 0.1) is 24.8 Å². The van der Waals surface area contributed by atoms with Crippen molar-refractivity contribution >= 4 is 0 Å². The Morgan fingerprint density at radius 3 is 2.95 bits per heavy atom. The average Bonchev–Trinajstić information content (AvgIpc) is 2.92. The fraction of sp³-hybridized carbons (Fsp3) is 0.688. The van der Waals surface area contributed by atoms with Crippen molar-refractivity contribution in [1.29, 1.82) is 5.26 Å². The number of hydrogen-bond donors (Lipinski definition) is 0. The molecule has 3 atom stereocenters. The van der Waals surface area contributed by atoms with E-state index in [0.717, 1.165) is 31.1 Å². The molecule has 0 aromatic carbocycles. The Kier molecular flexibility index (Phi) is 5.04. The molecule has 1 fully saturated rings. The van der Waals surface area contributed by atoms with Crippen LogP contribution in [0.3, 0.4) is 0 Å². The topological polar surface area (TPSA) is 40.2 Å². The summed E-state index contributed by atoms with van der Waals surface area (Å²) in [5.41, 5.74) is 0. The molecule has 0 amide bonds. The average molecular weight is 260 g/mol. The van der Waals surface area contributed by atoms with Gasteiger partial charge in [0, 0.05) is 6.04 Å². The van der Waals surface area contributed by atoms with Gasteiger partial charge in [-0.15, -0.1) is 0 Å². The van der Waals surface area contributed by atoms with Gasteiger partial charge in [-0.3, -0.25) is 4.90 Å². The zero-order valence-electron chi connectivity index (χ0n) is 12.0. The first kappa shape index (κ1) is 14.1. The van der Waals surface area contributed by atoms with Gasteiger partial charge in [-0.1, -0.05) is 19.8 Å². The van der Waals surface area contributed by atoms with E-state index < -0.39 is 0 Å². The van der Waals surface area contributed by atoms with Crippen LogP contribution in [0, 0.1) is 23.2 Å². The van der Waals surface area contributed by atoms with E-state index in [1.807, 2.05) is 12.1 Å². The summed E-state index contributed by atoms with van der Waals surface area (Å²) in [6.07, 6.45) is 7.68. The number of nitriles is 1. The minimum atomic E-state index is 0.174. The predicted octanol–water partition coefficient (Wildman–Crippen LogP) is 3.82. The van der Waals surface area contributed by atoms with Crippen LogP contribution in [0.1, 0.15) is 44.8 Å². The highest BCUT2D eigenvalue weighted by Crippen LogP contribution is 2.34. The zero-order chi connectivity index (χ0) is 13.7. The Morgan fingerprint density at radius 2 is 2.32 bits per heavy atom. The van der Waals surface area contributed by atoms with Crippen LogP contribution in [0.15, 0.2) is 22.8 Å². The van der Waals surface area contributed by atoms with E-state index in [1.165, 1.54) is 19.3 Å². The van der Waals surface area contributed by atoms with Crippen molar-refractivity contribution in [3.8, 4) is 6.07 Å². The molecule has 0 N–H and O–H groups in total. The first-order chi connectivity index (χ1) is 9.24. The first-order valence-electron chi connectivity index (χ1n) is 7.36. The van der Waals surface area contributed by atoms with Crippen molar-refractivity contribution in [3.05, 3.63) is 24.2 Å². The van der Waals surface area contributed by atoms with E-state index in [0.29, 0.717) is 6.04 Å². The third kappa shape index (κ3) is 3.61. The van der Waals surface area contributed by atoms with Gasteiger partial charge in [0.1, 0.15) is 5.76 Å². The molecule has 0 spiro atoms. The predicted molar refractivity (Wildman–Crippen MR) is 75.3 cm³/mol. The molecule has 104 valence electrons. The molecule has 1 heterocycles. The lowest BCUT2D eigenvalue weighted by molar-refractivity contribution is 0.109. The molecule has 0 saturated heterocycles. The summed E-state index contributed by atoms with van der Waals surface area (Å²) in [7, 11) is 2.12. The van der Waals surface area contributed by atoms with Gasteiger partial charge in [-0.2, -0.15) is 5.26 Å². The van der Waals surface area contributed by atoms with Gasteiger partial charge in [0.15, 0.2) is 0 Å². The summed E-state index contributed by atoms with van der Waals surface area (Å²) in [4.78, 5) is 2.30. The van der Waals surface area contributed by atoms with Crippen LogP contribution >= 0.6 is 0 Å². The summed E-state index contributed by atoms with van der Waals surface area (Å²) >= 11 is 0. The minimum Gasteiger partial charge on any atom is -0.468 e. The van der Waals surface area contributed by atoms with Crippen molar-refractivity contribution < 1.29 is 4.42 Å². The molecule has 0 radical (unpaired) electrons. The fourth-order valence-corrected chi connectivity index (χ4v) is 3.31. The van der Waals surface area contributed by atoms with E-state index in [2.05, 4.69) is 24.9 Å². The second-order valence-corrected chi connectivity index (χ2v) is 5.77. The van der Waals surface area contributed by atoms with Crippen LogP contribution in [0.2, 0.25) is 0 Å². The Hall–Kier alpha value is -1.27. The second-order valence-electron chi connectivity index (χ2n) is 5.77. The number of hydrogen-bond acceptors (Lipinski definition) is 3. The fourth-order valence-electron chi connectivity index (χ4n) is 3.31. The van der Waals surface area contributed by atoms with Crippen molar-refractivity contribution in [2.24, 2.45) is 11.8 Å². The lowest BCUT2D eigenvalue weighted by Gasteiger charge is -2.38. The molecule has 3 unspecified atom stereocenters. The van der Waals surface area contributed by atoms with Gasteiger partial charge >= 0.3 is 0 Å². The van der Waals surface area contributed by atoms with Crippen LogP contribution in [-0.2, 0) is 6.54 Å². The monoisotopic (exact) mass is 260 g/mol. The summed E-state index contributed by atoms with van der Waals surface area (Å²) in [6, 6.07) is 6.81. The van der Waals surface area contributed by atoms with E-state index in [1.54, 1.807) is 6.26 Å². The van der Waals surface area contributed by atoms with Crippen LogP contribution in [0.4, 0.5) is 0 Å². The quantitative estimate of drug-likeness (QED) is 0.808. The van der Waals surface area contributed by atoms with Crippen LogP contribution < -0.4 is 0 Å². The molecule has 1 saturated carbocycles. The van der Waals surface area contributed by atoms with E-state index in [-0.39, 0.29) is 5.92 Å². The normalized spacial score (nSPS) is 27.4.